The normalized spacial score (nSPS) is 10.8. The van der Waals surface area contributed by atoms with Gasteiger partial charge >= 0.3 is 5.97 Å². The van der Waals surface area contributed by atoms with E-state index in [1.54, 1.807) is 0 Å². The first-order valence-electron chi connectivity index (χ1n) is 7.46. The molecule has 1 atom stereocenters. The highest BCUT2D eigenvalue weighted by molar-refractivity contribution is 7.81. The quantitative estimate of drug-likeness (QED) is 0.118. The topological polar surface area (TPSA) is 157 Å². The first-order valence-corrected chi connectivity index (χ1v) is 8.09. The van der Waals surface area contributed by atoms with Gasteiger partial charge in [0.15, 0.2) is 0 Å². The van der Waals surface area contributed by atoms with Gasteiger partial charge in [-0.3, -0.25) is 24.0 Å². The van der Waals surface area contributed by atoms with Crippen molar-refractivity contribution in [2.45, 2.75) is 26.0 Å². The highest BCUT2D eigenvalue weighted by Crippen LogP contribution is 1.96. The second kappa shape index (κ2) is 13.6. The molecule has 11 nitrogen and oxygen atoms in total. The molecule has 3 amide bonds. The van der Waals surface area contributed by atoms with E-state index in [1.165, 1.54) is 6.92 Å². The molecule has 0 aliphatic heterocycles. The summed E-state index contributed by atoms with van der Waals surface area (Å²) in [4.78, 5) is 66.6. The Bertz CT molecular complexity index is 540. The van der Waals surface area contributed by atoms with Gasteiger partial charge in [0.1, 0.15) is 12.4 Å². The number of nitrogens with one attached hydrogen (secondary N) is 3. The van der Waals surface area contributed by atoms with Crippen LogP contribution in [0.25, 0.3) is 0 Å². The van der Waals surface area contributed by atoms with Crippen molar-refractivity contribution in [1.82, 2.24) is 16.0 Å². The largest absolute Gasteiger partial charge is 0.460 e. The molecule has 0 aliphatic rings. The van der Waals surface area contributed by atoms with Crippen molar-refractivity contribution in [3.8, 4) is 0 Å². The number of rotatable bonds is 13. The van der Waals surface area contributed by atoms with E-state index in [0.717, 1.165) is 0 Å². The Morgan fingerprint density at radius 3 is 2.19 bits per heavy atom. The van der Waals surface area contributed by atoms with Crippen LogP contribution < -0.4 is 16.0 Å². The average molecular weight is 391 g/mol. The molecule has 146 valence electrons. The van der Waals surface area contributed by atoms with Crippen LogP contribution in [0.4, 0.5) is 0 Å². The SMILES string of the molecule is CC(=O)CCC(=O)OCC(NC(=O)CNC(=O)CNC(=O)CS)OC=O. The summed E-state index contributed by atoms with van der Waals surface area (Å²) < 4.78 is 9.33. The molecule has 3 N–H and O–H groups in total. The van der Waals surface area contributed by atoms with Gasteiger partial charge in [-0.25, -0.2) is 0 Å². The van der Waals surface area contributed by atoms with Gasteiger partial charge in [0.2, 0.25) is 23.9 Å². The molecular formula is C14H21N3O8S. The van der Waals surface area contributed by atoms with Crippen LogP contribution in [0.2, 0.25) is 0 Å². The molecule has 0 saturated heterocycles. The molecule has 1 unspecified atom stereocenters. The number of Topliss-reactive ketones (excluding diaryl/α,β-unsaturated/α-hetero) is 1. The Balaban J connectivity index is 4.18. The fourth-order valence-corrected chi connectivity index (χ4v) is 1.52. The fraction of sp³-hybridized carbons (Fsp3) is 0.571. The number of thiol groups is 1. The standard InChI is InChI=1S/C14H21N3O8S/c1-9(19)2-3-14(23)24-6-13(25-8-18)17-11(21)5-15-10(20)4-16-12(22)7-26/h8,13,26H,2-7H2,1H3,(H,15,20)(H,16,22)(H,17,21). The Morgan fingerprint density at radius 1 is 1.00 bits per heavy atom. The molecule has 0 spiro atoms. The monoisotopic (exact) mass is 391 g/mol. The van der Waals surface area contributed by atoms with Gasteiger partial charge in [-0.1, -0.05) is 0 Å². The lowest BCUT2D eigenvalue weighted by Crippen LogP contribution is -2.47. The zero-order valence-electron chi connectivity index (χ0n) is 14.1. The second-order valence-corrected chi connectivity index (χ2v) is 5.20. The number of carbonyl (C=O) groups excluding carboxylic acids is 6. The van der Waals surface area contributed by atoms with E-state index in [4.69, 9.17) is 4.74 Å². The highest BCUT2D eigenvalue weighted by atomic mass is 32.1. The van der Waals surface area contributed by atoms with Gasteiger partial charge in [-0.15, -0.1) is 0 Å². The molecule has 12 heteroatoms. The van der Waals surface area contributed by atoms with Crippen molar-refractivity contribution in [3.63, 3.8) is 0 Å². The van der Waals surface area contributed by atoms with E-state index >= 15 is 0 Å². The maximum atomic E-state index is 11.7. The summed E-state index contributed by atoms with van der Waals surface area (Å²) in [7, 11) is 0. The minimum atomic E-state index is -1.25. The number of ketones is 1. The summed E-state index contributed by atoms with van der Waals surface area (Å²) in [6.45, 7) is 0.151. The Morgan fingerprint density at radius 2 is 1.62 bits per heavy atom. The molecule has 0 aliphatic carbocycles. The van der Waals surface area contributed by atoms with E-state index in [2.05, 4.69) is 33.3 Å². The summed E-state index contributed by atoms with van der Waals surface area (Å²) in [5.41, 5.74) is 0. The molecular weight excluding hydrogens is 370 g/mol. The minimum Gasteiger partial charge on any atom is -0.460 e. The lowest BCUT2D eigenvalue weighted by Gasteiger charge is -2.17. The number of amides is 3. The predicted octanol–water partition coefficient (Wildman–Crippen LogP) is -2.32. The number of hydrogen-bond acceptors (Lipinski definition) is 9. The Labute approximate surface area is 154 Å². The molecule has 0 bridgehead atoms. The number of hydrogen-bond donors (Lipinski definition) is 4. The van der Waals surface area contributed by atoms with Crippen molar-refractivity contribution in [3.05, 3.63) is 0 Å². The molecule has 0 heterocycles. The smallest absolute Gasteiger partial charge is 0.306 e. The maximum absolute atomic E-state index is 11.7. The number of carbonyl (C=O) groups is 6. The van der Waals surface area contributed by atoms with Crippen molar-refractivity contribution in [1.29, 1.82) is 0 Å². The molecule has 0 aromatic rings. The van der Waals surface area contributed by atoms with Crippen LogP contribution in [0.1, 0.15) is 19.8 Å². The highest BCUT2D eigenvalue weighted by Gasteiger charge is 2.16. The number of esters is 1. The number of ether oxygens (including phenoxy) is 2. The zero-order chi connectivity index (χ0) is 19.9. The van der Waals surface area contributed by atoms with E-state index in [-0.39, 0.29) is 37.4 Å². The van der Waals surface area contributed by atoms with Crippen LogP contribution in [0.15, 0.2) is 0 Å². The molecule has 0 saturated carbocycles. The van der Waals surface area contributed by atoms with Gasteiger partial charge in [-0.2, -0.15) is 12.6 Å². The summed E-state index contributed by atoms with van der Waals surface area (Å²) in [5, 5.41) is 6.70. The Kier molecular flexibility index (Phi) is 12.3. The van der Waals surface area contributed by atoms with E-state index in [1.807, 2.05) is 0 Å². The van der Waals surface area contributed by atoms with Crippen LogP contribution in [0, 0.1) is 0 Å². The van der Waals surface area contributed by atoms with Crippen LogP contribution >= 0.6 is 12.6 Å². The minimum absolute atomic E-state index is 0.0141. The van der Waals surface area contributed by atoms with Crippen LogP contribution in [-0.4, -0.2) is 67.6 Å². The van der Waals surface area contributed by atoms with Gasteiger partial charge in [-0.05, 0) is 6.92 Å². The van der Waals surface area contributed by atoms with Crippen molar-refractivity contribution >= 4 is 48.6 Å². The van der Waals surface area contributed by atoms with Crippen molar-refractivity contribution < 1.29 is 38.2 Å². The van der Waals surface area contributed by atoms with Gasteiger partial charge in [0.25, 0.3) is 6.47 Å². The van der Waals surface area contributed by atoms with Crippen LogP contribution in [-0.2, 0) is 38.2 Å². The van der Waals surface area contributed by atoms with E-state index < -0.39 is 43.1 Å². The molecule has 0 radical (unpaired) electrons. The fourth-order valence-electron chi connectivity index (χ4n) is 1.41. The third-order valence-corrected chi connectivity index (χ3v) is 2.94. The van der Waals surface area contributed by atoms with Crippen molar-refractivity contribution in [2.24, 2.45) is 0 Å². The van der Waals surface area contributed by atoms with E-state index in [0.29, 0.717) is 0 Å². The summed E-state index contributed by atoms with van der Waals surface area (Å²) >= 11 is 3.71. The molecule has 0 rings (SSSR count). The van der Waals surface area contributed by atoms with Gasteiger partial charge in [0.05, 0.1) is 25.3 Å². The van der Waals surface area contributed by atoms with Gasteiger partial charge in [0, 0.05) is 6.42 Å². The summed E-state index contributed by atoms with van der Waals surface area (Å²) in [6.07, 6.45) is -1.37. The first-order chi connectivity index (χ1) is 12.3. The maximum Gasteiger partial charge on any atom is 0.306 e. The molecule has 0 aromatic carbocycles. The van der Waals surface area contributed by atoms with Gasteiger partial charge < -0.3 is 30.2 Å². The van der Waals surface area contributed by atoms with E-state index in [9.17, 15) is 28.8 Å². The third kappa shape index (κ3) is 12.8. The van der Waals surface area contributed by atoms with Crippen LogP contribution in [0.5, 0.6) is 0 Å². The Hall–Kier alpha value is -2.63. The summed E-state index contributed by atoms with van der Waals surface area (Å²) in [6, 6.07) is 0. The molecule has 0 aromatic heterocycles. The molecule has 0 fully saturated rings. The van der Waals surface area contributed by atoms with Crippen molar-refractivity contribution in [2.75, 3.05) is 25.4 Å². The summed E-state index contributed by atoms with van der Waals surface area (Å²) in [5.74, 6) is -2.73. The average Bonchev–Trinajstić information content (AvgIpc) is 2.60. The molecule has 26 heavy (non-hydrogen) atoms. The van der Waals surface area contributed by atoms with Crippen LogP contribution in [0.3, 0.4) is 0 Å². The predicted molar refractivity (Wildman–Crippen MR) is 89.8 cm³/mol. The zero-order valence-corrected chi connectivity index (χ0v) is 15.0. The second-order valence-electron chi connectivity index (χ2n) is 4.89. The first kappa shape index (κ1) is 23.4. The lowest BCUT2D eigenvalue weighted by molar-refractivity contribution is -0.155. The lowest BCUT2D eigenvalue weighted by atomic mass is 10.2. The third-order valence-electron chi connectivity index (χ3n) is 2.65.